The van der Waals surface area contributed by atoms with E-state index in [0.717, 1.165) is 38.8 Å². The number of pyridine rings is 1. The van der Waals surface area contributed by atoms with Crippen molar-refractivity contribution in [2.75, 3.05) is 0 Å². The molecule has 116 valence electrons. The summed E-state index contributed by atoms with van der Waals surface area (Å²) >= 11 is 0. The van der Waals surface area contributed by atoms with Gasteiger partial charge in [0, 0.05) is 22.9 Å². The Balaban J connectivity index is 2.07. The molecule has 0 aliphatic rings. The number of nitrogens with zero attached hydrogens (tertiary/aromatic N) is 2. The first-order valence-electron chi connectivity index (χ1n) is 7.91. The van der Waals surface area contributed by atoms with Crippen LogP contribution in [0.5, 0.6) is 0 Å². The zero-order valence-corrected chi connectivity index (χ0v) is 13.9. The van der Waals surface area contributed by atoms with Crippen LogP contribution in [-0.4, -0.2) is 0 Å². The summed E-state index contributed by atoms with van der Waals surface area (Å²) < 4.78 is 8.23. The summed E-state index contributed by atoms with van der Waals surface area (Å²) in [7, 11) is 2.04. The van der Waals surface area contributed by atoms with Gasteiger partial charge in [0.05, 0.1) is 17.2 Å². The van der Waals surface area contributed by atoms with Crippen LogP contribution in [-0.2, 0) is 7.05 Å². The molecule has 3 nitrogen and oxygen atoms in total. The fourth-order valence-electron chi connectivity index (χ4n) is 3.35. The highest BCUT2D eigenvalue weighted by molar-refractivity contribution is 6.07. The number of fused-ring (bicyclic) bond motifs is 3. The molecule has 24 heavy (non-hydrogen) atoms. The molecule has 0 saturated carbocycles. The van der Waals surface area contributed by atoms with Gasteiger partial charge in [0.15, 0.2) is 6.20 Å². The van der Waals surface area contributed by atoms with E-state index in [2.05, 4.69) is 35.8 Å². The molecule has 4 rings (SSSR count). The van der Waals surface area contributed by atoms with Crippen molar-refractivity contribution in [3.8, 4) is 17.3 Å². The number of benzene rings is 2. The van der Waals surface area contributed by atoms with Crippen LogP contribution in [0.25, 0.3) is 33.2 Å². The van der Waals surface area contributed by atoms with Crippen molar-refractivity contribution in [1.82, 2.24) is 0 Å². The molecular formula is C21H17N2O+. The second kappa shape index (κ2) is 5.21. The van der Waals surface area contributed by atoms with Crippen LogP contribution in [0.1, 0.15) is 16.7 Å². The summed E-state index contributed by atoms with van der Waals surface area (Å²) in [5.74, 6) is 0. The summed E-state index contributed by atoms with van der Waals surface area (Å²) in [6.07, 6.45) is 2.04. The minimum absolute atomic E-state index is 0.666. The van der Waals surface area contributed by atoms with Crippen LogP contribution in [0.3, 0.4) is 0 Å². The maximum Gasteiger partial charge on any atom is 0.212 e. The van der Waals surface area contributed by atoms with Crippen LogP contribution in [0.15, 0.2) is 53.1 Å². The summed E-state index contributed by atoms with van der Waals surface area (Å²) in [6.45, 7) is 4.10. The lowest BCUT2D eigenvalue weighted by molar-refractivity contribution is -0.660. The van der Waals surface area contributed by atoms with E-state index in [1.807, 2.05) is 44.4 Å². The van der Waals surface area contributed by atoms with Crippen LogP contribution in [0.2, 0.25) is 0 Å². The molecule has 3 heteroatoms. The van der Waals surface area contributed by atoms with Gasteiger partial charge in [-0.25, -0.2) is 4.57 Å². The summed E-state index contributed by atoms with van der Waals surface area (Å²) in [5, 5.41) is 11.3. The second-order valence-electron chi connectivity index (χ2n) is 6.24. The molecule has 0 atom stereocenters. The number of furan rings is 1. The molecule has 0 aliphatic heterocycles. The van der Waals surface area contributed by atoms with Crippen LogP contribution in [0.4, 0.5) is 0 Å². The average Bonchev–Trinajstić information content (AvgIpc) is 2.93. The lowest BCUT2D eigenvalue weighted by Crippen LogP contribution is -2.30. The molecule has 0 fully saturated rings. The largest absolute Gasteiger partial charge is 0.456 e. The van der Waals surface area contributed by atoms with E-state index in [9.17, 15) is 5.26 Å². The minimum Gasteiger partial charge on any atom is -0.456 e. The van der Waals surface area contributed by atoms with Crippen molar-refractivity contribution in [3.05, 3.63) is 65.4 Å². The van der Waals surface area contributed by atoms with Crippen molar-refractivity contribution >= 4 is 21.9 Å². The van der Waals surface area contributed by atoms with Gasteiger partial charge in [0.25, 0.3) is 0 Å². The quantitative estimate of drug-likeness (QED) is 0.483. The van der Waals surface area contributed by atoms with E-state index in [-0.39, 0.29) is 0 Å². The van der Waals surface area contributed by atoms with Gasteiger partial charge in [-0.3, -0.25) is 0 Å². The highest BCUT2D eigenvalue weighted by atomic mass is 16.3. The lowest BCUT2D eigenvalue weighted by atomic mass is 10.00. The van der Waals surface area contributed by atoms with Gasteiger partial charge >= 0.3 is 0 Å². The van der Waals surface area contributed by atoms with E-state index < -0.39 is 0 Å². The Morgan fingerprint density at radius 1 is 1.00 bits per heavy atom. The van der Waals surface area contributed by atoms with Crippen molar-refractivity contribution in [2.45, 2.75) is 13.8 Å². The zero-order chi connectivity index (χ0) is 16.8. The molecule has 2 aromatic heterocycles. The van der Waals surface area contributed by atoms with Gasteiger partial charge in [-0.15, -0.1) is 0 Å². The van der Waals surface area contributed by atoms with Gasteiger partial charge in [-0.2, -0.15) is 5.26 Å². The molecule has 0 radical (unpaired) electrons. The van der Waals surface area contributed by atoms with Gasteiger partial charge < -0.3 is 4.42 Å². The van der Waals surface area contributed by atoms with E-state index in [1.54, 1.807) is 0 Å². The molecule has 0 saturated heterocycles. The van der Waals surface area contributed by atoms with E-state index >= 15 is 0 Å². The Hall–Kier alpha value is -3.12. The Morgan fingerprint density at radius 2 is 1.83 bits per heavy atom. The maximum atomic E-state index is 9.23. The van der Waals surface area contributed by atoms with Gasteiger partial charge in [-0.1, -0.05) is 0 Å². The summed E-state index contributed by atoms with van der Waals surface area (Å²) in [6, 6.07) is 16.4. The zero-order valence-electron chi connectivity index (χ0n) is 13.9. The summed E-state index contributed by atoms with van der Waals surface area (Å²) in [4.78, 5) is 0. The van der Waals surface area contributed by atoms with Crippen molar-refractivity contribution < 1.29 is 8.98 Å². The van der Waals surface area contributed by atoms with Crippen LogP contribution >= 0.6 is 0 Å². The molecule has 0 bridgehead atoms. The first kappa shape index (κ1) is 14.5. The topological polar surface area (TPSA) is 40.8 Å². The molecule has 0 N–H and O–H groups in total. The molecule has 0 unspecified atom stereocenters. The first-order chi connectivity index (χ1) is 11.6. The van der Waals surface area contributed by atoms with Crippen LogP contribution < -0.4 is 4.57 Å². The Morgan fingerprint density at radius 3 is 2.58 bits per heavy atom. The van der Waals surface area contributed by atoms with Crippen molar-refractivity contribution in [3.63, 3.8) is 0 Å². The highest BCUT2D eigenvalue weighted by Gasteiger charge is 2.17. The highest BCUT2D eigenvalue weighted by Crippen LogP contribution is 2.35. The Labute approximate surface area is 140 Å². The third kappa shape index (κ3) is 2.08. The fraction of sp³-hybridized carbons (Fsp3) is 0.143. The van der Waals surface area contributed by atoms with Gasteiger partial charge in [-0.05, 0) is 55.3 Å². The number of hydrogen-bond donors (Lipinski definition) is 0. The SMILES string of the molecule is Cc1cc2c(cc1-c1cccc[n+]1C)oc1c(C)cc(C#N)cc12. The normalized spacial score (nSPS) is 11.1. The number of hydrogen-bond acceptors (Lipinski definition) is 2. The molecule has 2 heterocycles. The van der Waals surface area contributed by atoms with Gasteiger partial charge in [0.1, 0.15) is 18.2 Å². The third-order valence-electron chi connectivity index (χ3n) is 4.56. The number of aromatic nitrogens is 1. The minimum atomic E-state index is 0.666. The predicted octanol–water partition coefficient (Wildman–Crippen LogP) is 4.57. The monoisotopic (exact) mass is 313 g/mol. The second-order valence-corrected chi connectivity index (χ2v) is 6.24. The molecular weight excluding hydrogens is 296 g/mol. The Kier molecular flexibility index (Phi) is 3.14. The molecule has 4 aromatic rings. The average molecular weight is 313 g/mol. The van der Waals surface area contributed by atoms with Gasteiger partial charge in [0.2, 0.25) is 5.69 Å². The molecule has 0 amide bonds. The molecule has 0 spiro atoms. The van der Waals surface area contributed by atoms with Crippen LogP contribution in [0, 0.1) is 25.2 Å². The lowest BCUT2D eigenvalue weighted by Gasteiger charge is -2.04. The third-order valence-corrected chi connectivity index (χ3v) is 4.56. The molecule has 2 aromatic carbocycles. The van der Waals surface area contributed by atoms with E-state index in [0.29, 0.717) is 5.56 Å². The van der Waals surface area contributed by atoms with Crippen molar-refractivity contribution in [1.29, 1.82) is 5.26 Å². The summed E-state index contributed by atoms with van der Waals surface area (Å²) in [5.41, 5.74) is 6.86. The Bertz CT molecular complexity index is 1150. The number of nitriles is 1. The fourth-order valence-corrected chi connectivity index (χ4v) is 3.35. The smallest absolute Gasteiger partial charge is 0.212 e. The van der Waals surface area contributed by atoms with Crippen molar-refractivity contribution in [2.24, 2.45) is 7.05 Å². The number of aryl methyl sites for hydroxylation is 3. The standard InChI is InChI=1S/C21H17N2O/c1-13-9-17-18-10-15(12-22)8-14(2)21(18)24-20(17)11-16(13)19-6-4-5-7-23(19)3/h4-11H,1-3H3/q+1. The number of rotatable bonds is 1. The van der Waals surface area contributed by atoms with E-state index in [4.69, 9.17) is 4.42 Å². The maximum absolute atomic E-state index is 9.23. The first-order valence-corrected chi connectivity index (χ1v) is 7.91. The molecule has 0 aliphatic carbocycles. The predicted molar refractivity (Wildman–Crippen MR) is 94.5 cm³/mol. The van der Waals surface area contributed by atoms with E-state index in [1.165, 1.54) is 5.56 Å².